The van der Waals surface area contributed by atoms with Crippen molar-refractivity contribution in [1.29, 1.82) is 0 Å². The van der Waals surface area contributed by atoms with Crippen LogP contribution in [0.5, 0.6) is 0 Å². The van der Waals surface area contributed by atoms with E-state index in [1.807, 2.05) is 18.2 Å². The molecule has 0 saturated carbocycles. The molecule has 178 valence electrons. The van der Waals surface area contributed by atoms with Crippen LogP contribution in [0.25, 0.3) is 0 Å². The van der Waals surface area contributed by atoms with Crippen molar-refractivity contribution in [1.82, 2.24) is 20.5 Å². The SMILES string of the molecule is C=C(/C=C\C1=C(C)NCCC1)CC1CN(C(=O)CC(=O)NCCC(=O)O)C1.c1ccncc1. The van der Waals surface area contributed by atoms with Gasteiger partial charge in [0.2, 0.25) is 11.8 Å². The third-order valence-electron chi connectivity index (χ3n) is 5.41. The van der Waals surface area contributed by atoms with E-state index < -0.39 is 11.9 Å². The molecule has 0 unspecified atom stereocenters. The number of carboxylic acid groups (broad SMARTS) is 1. The average molecular weight is 455 g/mol. The number of nitrogens with one attached hydrogen (secondary N) is 2. The minimum atomic E-state index is -0.979. The van der Waals surface area contributed by atoms with Crippen molar-refractivity contribution in [2.75, 3.05) is 26.2 Å². The van der Waals surface area contributed by atoms with E-state index in [4.69, 9.17) is 5.11 Å². The van der Waals surface area contributed by atoms with E-state index in [0.29, 0.717) is 19.0 Å². The van der Waals surface area contributed by atoms with Crippen LogP contribution in [0.4, 0.5) is 0 Å². The van der Waals surface area contributed by atoms with Crippen molar-refractivity contribution in [2.45, 2.75) is 39.0 Å². The zero-order chi connectivity index (χ0) is 24.1. The summed E-state index contributed by atoms with van der Waals surface area (Å²) in [7, 11) is 0. The quantitative estimate of drug-likeness (QED) is 0.391. The van der Waals surface area contributed by atoms with E-state index in [2.05, 4.69) is 41.3 Å². The number of pyridine rings is 1. The Morgan fingerprint density at radius 3 is 2.58 bits per heavy atom. The van der Waals surface area contributed by atoms with E-state index in [0.717, 1.165) is 31.4 Å². The van der Waals surface area contributed by atoms with Crippen LogP contribution >= 0.6 is 0 Å². The molecular weight excluding hydrogens is 420 g/mol. The fourth-order valence-electron chi connectivity index (χ4n) is 3.56. The lowest BCUT2D eigenvalue weighted by Crippen LogP contribution is -2.51. The molecule has 1 aromatic heterocycles. The molecule has 2 aliphatic heterocycles. The molecule has 2 amide bonds. The second-order valence-corrected chi connectivity index (χ2v) is 8.24. The summed E-state index contributed by atoms with van der Waals surface area (Å²) < 4.78 is 0. The van der Waals surface area contributed by atoms with Crippen LogP contribution in [0.1, 0.15) is 39.0 Å². The predicted octanol–water partition coefficient (Wildman–Crippen LogP) is 2.67. The van der Waals surface area contributed by atoms with Crippen molar-refractivity contribution in [3.8, 4) is 0 Å². The molecule has 0 aliphatic carbocycles. The first-order chi connectivity index (χ1) is 15.8. The van der Waals surface area contributed by atoms with Crippen molar-refractivity contribution < 1.29 is 19.5 Å². The molecule has 0 radical (unpaired) electrons. The highest BCUT2D eigenvalue weighted by molar-refractivity contribution is 5.97. The van der Waals surface area contributed by atoms with Crippen molar-refractivity contribution in [3.63, 3.8) is 0 Å². The summed E-state index contributed by atoms with van der Waals surface area (Å²) >= 11 is 0. The molecule has 3 rings (SSSR count). The first kappa shape index (κ1) is 25.8. The number of amides is 2. The minimum absolute atomic E-state index is 0.0433. The number of carbonyl (C=O) groups excluding carboxylic acids is 2. The molecule has 3 N–H and O–H groups in total. The normalized spacial score (nSPS) is 15.7. The Hall–Kier alpha value is -3.42. The number of hydrogen-bond donors (Lipinski definition) is 3. The van der Waals surface area contributed by atoms with Crippen molar-refractivity contribution in [3.05, 3.63) is 66.2 Å². The lowest BCUT2D eigenvalue weighted by atomic mass is 9.91. The van der Waals surface area contributed by atoms with Crippen LogP contribution in [0.15, 0.2) is 66.2 Å². The van der Waals surface area contributed by atoms with Gasteiger partial charge in [0.25, 0.3) is 0 Å². The molecule has 8 nitrogen and oxygen atoms in total. The topological polar surface area (TPSA) is 112 Å². The van der Waals surface area contributed by atoms with E-state index in [9.17, 15) is 14.4 Å². The smallest absolute Gasteiger partial charge is 0.305 e. The Kier molecular flexibility index (Phi) is 10.9. The highest BCUT2D eigenvalue weighted by Gasteiger charge is 2.31. The number of allylic oxidation sites excluding steroid dienone is 5. The van der Waals surface area contributed by atoms with Crippen LogP contribution < -0.4 is 10.6 Å². The highest BCUT2D eigenvalue weighted by Crippen LogP contribution is 2.24. The Balaban J connectivity index is 0.000000554. The minimum Gasteiger partial charge on any atom is -0.481 e. The van der Waals surface area contributed by atoms with Crippen LogP contribution in [0.3, 0.4) is 0 Å². The number of rotatable bonds is 9. The number of likely N-dealkylation sites (tertiary alicyclic amines) is 1. The van der Waals surface area contributed by atoms with Gasteiger partial charge in [-0.3, -0.25) is 19.4 Å². The fourth-order valence-corrected chi connectivity index (χ4v) is 3.56. The van der Waals surface area contributed by atoms with Gasteiger partial charge in [-0.2, -0.15) is 0 Å². The molecular formula is C25H34N4O4. The number of hydrogen-bond acceptors (Lipinski definition) is 5. The standard InChI is InChI=1S/C20H29N3O4.C5H5N/c1-14(5-6-17-4-3-8-21-15(17)2)10-16-12-23(13-16)19(25)11-18(24)22-9-7-20(26)27;1-2-4-6-5-3-1/h5-6,16,21H,1,3-4,7-13H2,2H3,(H,22,24)(H,26,27);1-5H/b6-5-;. The summed E-state index contributed by atoms with van der Waals surface area (Å²) in [5.74, 6) is -1.25. The summed E-state index contributed by atoms with van der Waals surface area (Å²) in [6.07, 6.45) is 10.4. The second-order valence-electron chi connectivity index (χ2n) is 8.24. The summed E-state index contributed by atoms with van der Waals surface area (Å²) in [5, 5.41) is 14.3. The van der Waals surface area contributed by atoms with Gasteiger partial charge in [0, 0.05) is 44.3 Å². The van der Waals surface area contributed by atoms with Gasteiger partial charge in [0.1, 0.15) is 6.42 Å². The zero-order valence-corrected chi connectivity index (χ0v) is 19.3. The molecule has 0 bridgehead atoms. The number of carboxylic acids is 1. The maximum Gasteiger partial charge on any atom is 0.305 e. The lowest BCUT2D eigenvalue weighted by Gasteiger charge is -2.39. The molecule has 33 heavy (non-hydrogen) atoms. The molecule has 0 aromatic carbocycles. The largest absolute Gasteiger partial charge is 0.481 e. The van der Waals surface area contributed by atoms with Gasteiger partial charge in [-0.05, 0) is 49.8 Å². The van der Waals surface area contributed by atoms with E-state index in [1.165, 1.54) is 11.3 Å². The molecule has 2 aliphatic rings. The number of nitrogens with zero attached hydrogens (tertiary/aromatic N) is 2. The van der Waals surface area contributed by atoms with E-state index >= 15 is 0 Å². The van der Waals surface area contributed by atoms with Crippen LogP contribution in [0.2, 0.25) is 0 Å². The Labute approximate surface area is 195 Å². The molecule has 0 atom stereocenters. The molecule has 1 saturated heterocycles. The molecule has 1 fully saturated rings. The van der Waals surface area contributed by atoms with Crippen molar-refractivity contribution >= 4 is 17.8 Å². The number of aromatic nitrogens is 1. The summed E-state index contributed by atoms with van der Waals surface area (Å²) in [5.41, 5.74) is 3.60. The van der Waals surface area contributed by atoms with E-state index in [1.54, 1.807) is 17.3 Å². The van der Waals surface area contributed by atoms with E-state index in [-0.39, 0.29) is 25.3 Å². The van der Waals surface area contributed by atoms with Gasteiger partial charge in [-0.1, -0.05) is 30.4 Å². The zero-order valence-electron chi connectivity index (χ0n) is 19.3. The van der Waals surface area contributed by atoms with Gasteiger partial charge in [-0.15, -0.1) is 0 Å². The third kappa shape index (κ3) is 10.2. The Morgan fingerprint density at radius 1 is 1.27 bits per heavy atom. The molecule has 3 heterocycles. The van der Waals surface area contributed by atoms with Gasteiger partial charge in [0.15, 0.2) is 0 Å². The summed E-state index contributed by atoms with van der Waals surface area (Å²) in [6.45, 7) is 8.55. The molecule has 1 aromatic rings. The van der Waals surface area contributed by atoms with Gasteiger partial charge >= 0.3 is 5.97 Å². The first-order valence-electron chi connectivity index (χ1n) is 11.3. The predicted molar refractivity (Wildman–Crippen MR) is 127 cm³/mol. The number of aliphatic carboxylic acids is 1. The van der Waals surface area contributed by atoms with Gasteiger partial charge < -0.3 is 20.6 Å². The maximum absolute atomic E-state index is 12.0. The van der Waals surface area contributed by atoms with Crippen LogP contribution in [0, 0.1) is 5.92 Å². The third-order valence-corrected chi connectivity index (χ3v) is 5.41. The highest BCUT2D eigenvalue weighted by atomic mass is 16.4. The number of carbonyl (C=O) groups is 3. The Morgan fingerprint density at radius 2 is 2.00 bits per heavy atom. The maximum atomic E-state index is 12.0. The summed E-state index contributed by atoms with van der Waals surface area (Å²) in [6, 6.07) is 5.72. The molecule has 0 spiro atoms. The average Bonchev–Trinajstić information content (AvgIpc) is 2.76. The Bertz CT molecular complexity index is 847. The van der Waals surface area contributed by atoms with Crippen LogP contribution in [-0.4, -0.2) is 59.0 Å². The first-order valence-corrected chi connectivity index (χ1v) is 11.3. The fraction of sp³-hybridized carbons (Fsp3) is 0.440. The van der Waals surface area contributed by atoms with Gasteiger partial charge in [-0.25, -0.2) is 0 Å². The van der Waals surface area contributed by atoms with Crippen molar-refractivity contribution in [2.24, 2.45) is 5.92 Å². The lowest BCUT2D eigenvalue weighted by molar-refractivity contribution is -0.141. The summed E-state index contributed by atoms with van der Waals surface area (Å²) in [4.78, 5) is 39.5. The monoisotopic (exact) mass is 454 g/mol. The second kappa shape index (κ2) is 13.9. The van der Waals surface area contributed by atoms with Crippen LogP contribution in [-0.2, 0) is 14.4 Å². The van der Waals surface area contributed by atoms with Gasteiger partial charge in [0.05, 0.1) is 6.42 Å². The molecule has 8 heteroatoms.